The molecule has 0 amide bonds. The minimum Gasteiger partial charge on any atom is -0.504 e. The number of benzene rings is 3. The van der Waals surface area contributed by atoms with E-state index in [0.717, 1.165) is 30.6 Å². The van der Waals surface area contributed by atoms with Gasteiger partial charge in [-0.05, 0) is 78.4 Å². The van der Waals surface area contributed by atoms with Gasteiger partial charge in [0.2, 0.25) is 10.0 Å². The highest BCUT2D eigenvalue weighted by atomic mass is 32.2. The van der Waals surface area contributed by atoms with Gasteiger partial charge in [0.1, 0.15) is 5.75 Å². The van der Waals surface area contributed by atoms with Crippen LogP contribution in [0.1, 0.15) is 37.3 Å². The third kappa shape index (κ3) is 6.23. The lowest BCUT2D eigenvalue weighted by Crippen LogP contribution is -2.38. The predicted octanol–water partition coefficient (Wildman–Crippen LogP) is 5.13. The summed E-state index contributed by atoms with van der Waals surface area (Å²) in [5.74, 6) is 2.47. The first-order valence-corrected chi connectivity index (χ1v) is 14.3. The average Bonchev–Trinajstić information content (AvgIpc) is 2.90. The van der Waals surface area contributed by atoms with Crippen LogP contribution in [0, 0.1) is 5.92 Å². The summed E-state index contributed by atoms with van der Waals surface area (Å²) >= 11 is 0. The molecule has 0 aromatic heterocycles. The highest BCUT2D eigenvalue weighted by molar-refractivity contribution is 7.89. The van der Waals surface area contributed by atoms with Crippen LogP contribution in [0.2, 0.25) is 0 Å². The Kier molecular flexibility index (Phi) is 8.81. The summed E-state index contributed by atoms with van der Waals surface area (Å²) < 4.78 is 45.3. The monoisotopic (exact) mass is 540 g/mol. The van der Waals surface area contributed by atoms with Crippen LogP contribution in [0.5, 0.6) is 28.7 Å². The van der Waals surface area contributed by atoms with Crippen molar-refractivity contribution in [1.29, 1.82) is 0 Å². The van der Waals surface area contributed by atoms with Crippen LogP contribution in [-0.2, 0) is 16.6 Å². The highest BCUT2D eigenvalue weighted by Gasteiger charge is 2.32. The van der Waals surface area contributed by atoms with Gasteiger partial charge in [-0.15, -0.1) is 0 Å². The van der Waals surface area contributed by atoms with Crippen molar-refractivity contribution in [2.24, 2.45) is 5.92 Å². The standard InChI is InChI=1S/C29H36N2O6S/c1-5-30-38(33,34)29-13-11-22(35-3)17-24(29)23-14-15-31(18-20(23)2)19-21-10-12-25(32)28(16-21)37-27-9-7-6-8-26(27)36-4/h6-13,16-17,20,23,30,32H,5,14-15,18-19H2,1-4H3. The summed E-state index contributed by atoms with van der Waals surface area (Å²) in [6.07, 6.45) is 0.811. The maximum Gasteiger partial charge on any atom is 0.240 e. The van der Waals surface area contributed by atoms with E-state index >= 15 is 0 Å². The molecule has 0 saturated carbocycles. The van der Waals surface area contributed by atoms with Gasteiger partial charge < -0.3 is 19.3 Å². The first kappa shape index (κ1) is 27.8. The number of nitrogens with one attached hydrogen (secondary N) is 1. The number of para-hydroxylation sites is 2. The molecule has 1 heterocycles. The van der Waals surface area contributed by atoms with Crippen molar-refractivity contribution in [2.75, 3.05) is 33.9 Å². The van der Waals surface area contributed by atoms with Gasteiger partial charge in [-0.25, -0.2) is 13.1 Å². The summed E-state index contributed by atoms with van der Waals surface area (Å²) in [5.41, 5.74) is 1.81. The minimum absolute atomic E-state index is 0.0548. The molecule has 0 bridgehead atoms. The van der Waals surface area contributed by atoms with Crippen LogP contribution >= 0.6 is 0 Å². The number of hydrogen-bond acceptors (Lipinski definition) is 7. The quantitative estimate of drug-likeness (QED) is 0.368. The van der Waals surface area contributed by atoms with E-state index < -0.39 is 10.0 Å². The summed E-state index contributed by atoms with van der Waals surface area (Å²) in [6, 6.07) is 17.9. The van der Waals surface area contributed by atoms with E-state index in [0.29, 0.717) is 41.0 Å². The Morgan fingerprint density at radius 2 is 1.76 bits per heavy atom. The molecule has 1 fully saturated rings. The Morgan fingerprint density at radius 3 is 2.45 bits per heavy atom. The second-order valence-electron chi connectivity index (χ2n) is 9.57. The van der Waals surface area contributed by atoms with Gasteiger partial charge in [0.15, 0.2) is 23.0 Å². The Bertz CT molecular complexity index is 1360. The molecule has 0 spiro atoms. The number of nitrogens with zero attached hydrogens (tertiary/aromatic N) is 1. The lowest BCUT2D eigenvalue weighted by atomic mass is 9.81. The molecule has 1 aliphatic heterocycles. The molecule has 2 N–H and O–H groups in total. The van der Waals surface area contributed by atoms with E-state index in [2.05, 4.69) is 16.5 Å². The zero-order chi connectivity index (χ0) is 27.3. The number of ether oxygens (including phenoxy) is 3. The van der Waals surface area contributed by atoms with Crippen molar-refractivity contribution >= 4 is 10.0 Å². The lowest BCUT2D eigenvalue weighted by Gasteiger charge is -2.38. The lowest BCUT2D eigenvalue weighted by molar-refractivity contribution is 0.155. The number of phenolic OH excluding ortho intramolecular Hbond substituents is 1. The third-order valence-corrected chi connectivity index (χ3v) is 8.57. The normalized spacial score (nSPS) is 18.2. The zero-order valence-electron chi connectivity index (χ0n) is 22.3. The van der Waals surface area contributed by atoms with Gasteiger partial charge in [0.25, 0.3) is 0 Å². The van der Waals surface area contributed by atoms with Crippen molar-refractivity contribution in [3.8, 4) is 28.7 Å². The second-order valence-corrected chi connectivity index (χ2v) is 11.3. The number of hydrogen-bond donors (Lipinski definition) is 2. The van der Waals surface area contributed by atoms with E-state index in [4.69, 9.17) is 14.2 Å². The Labute approximate surface area is 225 Å². The molecular weight excluding hydrogens is 504 g/mol. The number of likely N-dealkylation sites (tertiary alicyclic amines) is 1. The first-order chi connectivity index (χ1) is 18.2. The van der Waals surface area contributed by atoms with Crippen LogP contribution in [-0.4, -0.2) is 52.3 Å². The molecule has 1 aliphatic rings. The Hall–Kier alpha value is -3.27. The number of piperidine rings is 1. The SMILES string of the molecule is CCNS(=O)(=O)c1ccc(OC)cc1C1CCN(Cc2ccc(O)c(Oc3ccccc3OC)c2)CC1C. The number of sulfonamides is 1. The summed E-state index contributed by atoms with van der Waals surface area (Å²) in [6.45, 7) is 6.55. The topological polar surface area (TPSA) is 97.3 Å². The fourth-order valence-corrected chi connectivity index (χ4v) is 6.42. The van der Waals surface area contributed by atoms with Gasteiger partial charge in [-0.1, -0.05) is 32.0 Å². The molecule has 3 aromatic carbocycles. The van der Waals surface area contributed by atoms with Gasteiger partial charge in [0.05, 0.1) is 19.1 Å². The Morgan fingerprint density at radius 1 is 1.00 bits per heavy atom. The van der Waals surface area contributed by atoms with Gasteiger partial charge in [-0.3, -0.25) is 4.90 Å². The van der Waals surface area contributed by atoms with Crippen LogP contribution in [0.3, 0.4) is 0 Å². The fraction of sp³-hybridized carbons (Fsp3) is 0.379. The van der Waals surface area contributed by atoms with Crippen LogP contribution in [0.25, 0.3) is 0 Å². The zero-order valence-corrected chi connectivity index (χ0v) is 23.1. The number of aromatic hydroxyl groups is 1. The Balaban J connectivity index is 1.50. The van der Waals surface area contributed by atoms with Gasteiger partial charge in [0, 0.05) is 19.6 Å². The average molecular weight is 541 g/mol. The molecule has 8 nitrogen and oxygen atoms in total. The van der Waals surface area contributed by atoms with Crippen molar-refractivity contribution in [3.05, 3.63) is 71.8 Å². The molecule has 38 heavy (non-hydrogen) atoms. The molecule has 204 valence electrons. The minimum atomic E-state index is -3.61. The van der Waals surface area contributed by atoms with Crippen LogP contribution in [0.4, 0.5) is 0 Å². The van der Waals surface area contributed by atoms with Crippen molar-refractivity contribution in [1.82, 2.24) is 9.62 Å². The predicted molar refractivity (Wildman–Crippen MR) is 147 cm³/mol. The van der Waals surface area contributed by atoms with E-state index in [1.807, 2.05) is 30.3 Å². The fourth-order valence-electron chi connectivity index (χ4n) is 5.11. The van der Waals surface area contributed by atoms with E-state index in [9.17, 15) is 13.5 Å². The van der Waals surface area contributed by atoms with Crippen molar-refractivity contribution in [3.63, 3.8) is 0 Å². The molecule has 2 unspecified atom stereocenters. The van der Waals surface area contributed by atoms with Crippen LogP contribution < -0.4 is 18.9 Å². The molecule has 4 rings (SSSR count). The summed E-state index contributed by atoms with van der Waals surface area (Å²) in [7, 11) is -0.439. The van der Waals surface area contributed by atoms with Gasteiger partial charge in [-0.2, -0.15) is 0 Å². The van der Waals surface area contributed by atoms with E-state index in [1.54, 1.807) is 51.5 Å². The number of rotatable bonds is 10. The number of phenols is 1. The van der Waals surface area contributed by atoms with E-state index in [1.165, 1.54) is 0 Å². The largest absolute Gasteiger partial charge is 0.504 e. The molecule has 1 saturated heterocycles. The molecule has 0 aliphatic carbocycles. The molecule has 9 heteroatoms. The highest BCUT2D eigenvalue weighted by Crippen LogP contribution is 2.39. The van der Waals surface area contributed by atoms with Crippen LogP contribution in [0.15, 0.2) is 65.6 Å². The van der Waals surface area contributed by atoms with E-state index in [-0.39, 0.29) is 17.6 Å². The smallest absolute Gasteiger partial charge is 0.240 e. The number of methoxy groups -OCH3 is 2. The molecule has 2 atom stereocenters. The maximum atomic E-state index is 12.9. The summed E-state index contributed by atoms with van der Waals surface area (Å²) in [4.78, 5) is 2.67. The second kappa shape index (κ2) is 12.1. The van der Waals surface area contributed by atoms with Crippen molar-refractivity contribution in [2.45, 2.75) is 37.6 Å². The first-order valence-electron chi connectivity index (χ1n) is 12.8. The maximum absolute atomic E-state index is 12.9. The summed E-state index contributed by atoms with van der Waals surface area (Å²) in [5, 5.41) is 10.4. The third-order valence-electron chi connectivity index (χ3n) is 6.95. The molecule has 0 radical (unpaired) electrons. The molecule has 3 aromatic rings. The van der Waals surface area contributed by atoms with Crippen molar-refractivity contribution < 1.29 is 27.7 Å². The molecular formula is C29H36N2O6S. The van der Waals surface area contributed by atoms with Gasteiger partial charge >= 0.3 is 0 Å².